The number of fused-ring (bicyclic) bond motifs is 1. The fourth-order valence-corrected chi connectivity index (χ4v) is 7.89. The van der Waals surface area contributed by atoms with Crippen LogP contribution in [0.5, 0.6) is 0 Å². The lowest BCUT2D eigenvalue weighted by Crippen LogP contribution is -2.49. The molecular formula is C20H22ClFN4O3S3. The minimum atomic E-state index is -3.85. The van der Waals surface area contributed by atoms with Crippen molar-refractivity contribution in [3.05, 3.63) is 40.5 Å². The number of thiophene rings is 1. The maximum atomic E-state index is 13.7. The number of nitrogens with zero attached hydrogens (tertiary/aromatic N) is 4. The van der Waals surface area contributed by atoms with Crippen molar-refractivity contribution in [1.82, 2.24) is 14.2 Å². The Morgan fingerprint density at radius 2 is 2.03 bits per heavy atom. The highest BCUT2D eigenvalue weighted by Crippen LogP contribution is 2.35. The van der Waals surface area contributed by atoms with Gasteiger partial charge in [-0.1, -0.05) is 22.9 Å². The molecular weight excluding hydrogens is 495 g/mol. The Balaban J connectivity index is 1.67. The van der Waals surface area contributed by atoms with Gasteiger partial charge in [0.15, 0.2) is 5.13 Å². The van der Waals surface area contributed by atoms with E-state index in [1.807, 2.05) is 19.0 Å². The number of anilines is 1. The van der Waals surface area contributed by atoms with Gasteiger partial charge in [-0.05, 0) is 57.3 Å². The molecule has 32 heavy (non-hydrogen) atoms. The van der Waals surface area contributed by atoms with Gasteiger partial charge in [0.05, 0.1) is 14.6 Å². The van der Waals surface area contributed by atoms with Gasteiger partial charge in [0.2, 0.25) is 5.91 Å². The van der Waals surface area contributed by atoms with Crippen molar-refractivity contribution in [3.63, 3.8) is 0 Å². The number of carbonyl (C=O) groups is 1. The number of hydrogen-bond donors (Lipinski definition) is 0. The van der Waals surface area contributed by atoms with Crippen molar-refractivity contribution in [1.29, 1.82) is 0 Å². The molecule has 1 saturated heterocycles. The number of rotatable bonds is 7. The van der Waals surface area contributed by atoms with Crippen LogP contribution in [0.3, 0.4) is 0 Å². The molecule has 0 saturated carbocycles. The van der Waals surface area contributed by atoms with Gasteiger partial charge in [0, 0.05) is 19.6 Å². The third-order valence-corrected chi connectivity index (χ3v) is 9.86. The van der Waals surface area contributed by atoms with E-state index in [1.165, 1.54) is 44.8 Å². The molecule has 1 aliphatic heterocycles. The zero-order valence-corrected chi connectivity index (χ0v) is 20.7. The molecule has 0 spiro atoms. The Morgan fingerprint density at radius 3 is 2.72 bits per heavy atom. The van der Waals surface area contributed by atoms with E-state index >= 15 is 0 Å². The van der Waals surface area contributed by atoms with Crippen LogP contribution in [-0.2, 0) is 14.8 Å². The molecule has 1 unspecified atom stereocenters. The summed E-state index contributed by atoms with van der Waals surface area (Å²) in [6, 6.07) is 6.47. The van der Waals surface area contributed by atoms with Gasteiger partial charge in [-0.15, -0.1) is 11.3 Å². The van der Waals surface area contributed by atoms with E-state index < -0.39 is 16.1 Å². The second kappa shape index (κ2) is 9.32. The Kier molecular flexibility index (Phi) is 6.85. The molecule has 12 heteroatoms. The molecule has 3 heterocycles. The molecule has 1 amide bonds. The molecule has 1 aromatic carbocycles. The summed E-state index contributed by atoms with van der Waals surface area (Å²) in [5, 5.41) is 0.431. The third kappa shape index (κ3) is 4.68. The van der Waals surface area contributed by atoms with E-state index in [-0.39, 0.29) is 22.5 Å². The van der Waals surface area contributed by atoms with Crippen molar-refractivity contribution in [2.45, 2.75) is 23.1 Å². The number of carbonyl (C=O) groups excluding carboxylic acids is 1. The highest BCUT2D eigenvalue weighted by Gasteiger charge is 2.42. The highest BCUT2D eigenvalue weighted by molar-refractivity contribution is 7.91. The van der Waals surface area contributed by atoms with E-state index in [4.69, 9.17) is 11.6 Å². The lowest BCUT2D eigenvalue weighted by Gasteiger charge is -2.29. The average molecular weight is 517 g/mol. The summed E-state index contributed by atoms with van der Waals surface area (Å²) in [5.41, 5.74) is 0.596. The summed E-state index contributed by atoms with van der Waals surface area (Å²) in [7, 11) is -0.0622. The zero-order chi connectivity index (χ0) is 23.0. The lowest BCUT2D eigenvalue weighted by molar-refractivity contribution is -0.121. The first-order valence-corrected chi connectivity index (χ1v) is 13.4. The average Bonchev–Trinajstić information content (AvgIpc) is 3.46. The molecule has 2 aromatic heterocycles. The molecule has 1 fully saturated rings. The fraction of sp³-hybridized carbons (Fsp3) is 0.400. The SMILES string of the molecule is CN(C)CCN(C(=O)C1CCCN1S(=O)(=O)c1ccc(Cl)s1)c1nc2ccc(F)cc2s1. The van der Waals surface area contributed by atoms with Gasteiger partial charge in [0.1, 0.15) is 16.1 Å². The van der Waals surface area contributed by atoms with Crippen LogP contribution in [0.15, 0.2) is 34.5 Å². The number of sulfonamides is 1. The van der Waals surface area contributed by atoms with Crippen LogP contribution in [0.2, 0.25) is 4.34 Å². The van der Waals surface area contributed by atoms with Crippen LogP contribution in [-0.4, -0.2) is 68.3 Å². The van der Waals surface area contributed by atoms with E-state index in [2.05, 4.69) is 4.98 Å². The van der Waals surface area contributed by atoms with Gasteiger partial charge in [0.25, 0.3) is 10.0 Å². The van der Waals surface area contributed by atoms with Crippen LogP contribution in [0.1, 0.15) is 12.8 Å². The smallest absolute Gasteiger partial charge is 0.253 e. The number of halogens is 2. The number of amides is 1. The molecule has 0 aliphatic carbocycles. The summed E-state index contributed by atoms with van der Waals surface area (Å²) in [6.45, 7) is 1.17. The van der Waals surface area contributed by atoms with E-state index in [1.54, 1.807) is 6.07 Å². The largest absolute Gasteiger partial charge is 0.308 e. The fourth-order valence-electron chi connectivity index (χ4n) is 3.61. The number of likely N-dealkylation sites (N-methyl/N-ethyl adjacent to an activating group) is 1. The number of benzene rings is 1. The van der Waals surface area contributed by atoms with Gasteiger partial charge in [-0.3, -0.25) is 9.69 Å². The molecule has 0 bridgehead atoms. The van der Waals surface area contributed by atoms with Gasteiger partial charge in [-0.2, -0.15) is 4.31 Å². The summed E-state index contributed by atoms with van der Waals surface area (Å²) in [6.07, 6.45) is 1.01. The first-order chi connectivity index (χ1) is 15.2. The van der Waals surface area contributed by atoms with Crippen molar-refractivity contribution in [2.75, 3.05) is 38.6 Å². The summed E-state index contributed by atoms with van der Waals surface area (Å²) >= 11 is 8.14. The predicted octanol–water partition coefficient (Wildman–Crippen LogP) is 3.90. The van der Waals surface area contributed by atoms with Crippen molar-refractivity contribution in [3.8, 4) is 0 Å². The number of hydrogen-bond acceptors (Lipinski definition) is 7. The summed E-state index contributed by atoms with van der Waals surface area (Å²) in [5.74, 6) is -0.698. The normalized spacial score (nSPS) is 17.5. The van der Waals surface area contributed by atoms with Gasteiger partial charge >= 0.3 is 0 Å². The maximum Gasteiger partial charge on any atom is 0.253 e. The van der Waals surface area contributed by atoms with Gasteiger partial charge < -0.3 is 4.90 Å². The zero-order valence-electron chi connectivity index (χ0n) is 17.5. The Morgan fingerprint density at radius 1 is 1.25 bits per heavy atom. The van der Waals surface area contributed by atoms with Crippen LogP contribution < -0.4 is 4.90 Å². The van der Waals surface area contributed by atoms with E-state index in [9.17, 15) is 17.6 Å². The first kappa shape index (κ1) is 23.5. The third-order valence-electron chi connectivity index (χ3n) is 5.21. The molecule has 0 radical (unpaired) electrons. The molecule has 4 rings (SSSR count). The quantitative estimate of drug-likeness (QED) is 0.476. The monoisotopic (exact) mass is 516 g/mol. The molecule has 7 nitrogen and oxygen atoms in total. The second-order valence-electron chi connectivity index (χ2n) is 7.73. The molecule has 1 atom stereocenters. The standard InChI is InChI=1S/C20H22ClFN4O3S3/c1-24(2)10-11-25(20-23-14-6-5-13(22)12-16(14)30-20)19(27)15-4-3-9-26(15)32(28,29)18-8-7-17(21)31-18/h5-8,12,15H,3-4,9-11H2,1-2H3. The van der Waals surface area contributed by atoms with Crippen LogP contribution >= 0.6 is 34.3 Å². The first-order valence-electron chi connectivity index (χ1n) is 9.96. The van der Waals surface area contributed by atoms with Crippen LogP contribution in [0.25, 0.3) is 10.2 Å². The minimum absolute atomic E-state index is 0.123. The number of thiazole rings is 1. The van der Waals surface area contributed by atoms with Crippen molar-refractivity contribution < 1.29 is 17.6 Å². The Hall–Kier alpha value is -1.63. The Bertz CT molecular complexity index is 1240. The predicted molar refractivity (Wildman–Crippen MR) is 127 cm³/mol. The molecule has 0 N–H and O–H groups in total. The molecule has 3 aromatic rings. The minimum Gasteiger partial charge on any atom is -0.308 e. The topological polar surface area (TPSA) is 73.8 Å². The molecule has 1 aliphatic rings. The van der Waals surface area contributed by atoms with Crippen LogP contribution in [0, 0.1) is 5.82 Å². The van der Waals surface area contributed by atoms with E-state index in [0.717, 1.165) is 11.3 Å². The molecule has 172 valence electrons. The summed E-state index contributed by atoms with van der Waals surface area (Å²) in [4.78, 5) is 21.7. The number of aromatic nitrogens is 1. The van der Waals surface area contributed by atoms with Gasteiger partial charge in [-0.25, -0.2) is 17.8 Å². The van der Waals surface area contributed by atoms with Crippen molar-refractivity contribution >= 4 is 65.6 Å². The van der Waals surface area contributed by atoms with E-state index in [0.29, 0.717) is 45.6 Å². The Labute approximate surface area is 199 Å². The van der Waals surface area contributed by atoms with Crippen molar-refractivity contribution in [2.24, 2.45) is 0 Å². The summed E-state index contributed by atoms with van der Waals surface area (Å²) < 4.78 is 42.5. The second-order valence-corrected chi connectivity index (χ2v) is 12.6. The maximum absolute atomic E-state index is 13.7. The lowest BCUT2D eigenvalue weighted by atomic mass is 10.2. The van der Waals surface area contributed by atoms with Crippen LogP contribution in [0.4, 0.5) is 9.52 Å². The highest BCUT2D eigenvalue weighted by atomic mass is 35.5.